The van der Waals surface area contributed by atoms with E-state index in [0.717, 1.165) is 5.56 Å². The van der Waals surface area contributed by atoms with E-state index in [-0.39, 0.29) is 11.9 Å². The lowest BCUT2D eigenvalue weighted by Crippen LogP contribution is -2.36. The Balaban J connectivity index is 2.71. The number of rotatable bonds is 6. The number of benzene rings is 1. The molecular weight excluding hydrogens is 264 g/mol. The molecule has 0 aromatic heterocycles. The second kappa shape index (κ2) is 7.16. The highest BCUT2D eigenvalue weighted by atomic mass is 35.5. The predicted octanol–water partition coefficient (Wildman–Crippen LogP) is 2.43. The van der Waals surface area contributed by atoms with E-state index in [2.05, 4.69) is 11.9 Å². The van der Waals surface area contributed by atoms with Crippen LogP contribution in [-0.4, -0.2) is 18.6 Å². The van der Waals surface area contributed by atoms with Crippen LogP contribution >= 0.6 is 11.6 Å². The second-order valence-electron chi connectivity index (χ2n) is 4.27. The van der Waals surface area contributed by atoms with Gasteiger partial charge in [-0.1, -0.05) is 23.7 Å². The van der Waals surface area contributed by atoms with Gasteiger partial charge in [-0.25, -0.2) is 0 Å². The average Bonchev–Trinajstić information content (AvgIpc) is 2.37. The average molecular weight is 283 g/mol. The summed E-state index contributed by atoms with van der Waals surface area (Å²) in [6.07, 6.45) is 0.980. The van der Waals surface area contributed by atoms with Gasteiger partial charge in [0.05, 0.1) is 5.02 Å². The maximum Gasteiger partial charge on any atom is 0.261 e. The first-order chi connectivity index (χ1) is 8.95. The third kappa shape index (κ3) is 4.58. The zero-order chi connectivity index (χ0) is 14.4. The standard InChI is InChI=1S/C14H19ClN2O2/c1-4-7-17-14(18)10(3)19-13-6-5-11(9(2)16)8-12(13)15/h4-6,8-10H,1,7,16H2,2-3H3,(H,17,18)/t9-,10?/m1/s1. The zero-order valence-electron chi connectivity index (χ0n) is 11.2. The smallest absolute Gasteiger partial charge is 0.261 e. The Hall–Kier alpha value is -1.52. The number of hydrogen-bond acceptors (Lipinski definition) is 3. The SMILES string of the molecule is C=CCNC(=O)C(C)Oc1ccc([C@@H](C)N)cc1Cl. The number of halogens is 1. The van der Waals surface area contributed by atoms with Gasteiger partial charge in [0.25, 0.3) is 5.91 Å². The number of hydrogen-bond donors (Lipinski definition) is 2. The van der Waals surface area contributed by atoms with Gasteiger partial charge in [0.15, 0.2) is 6.10 Å². The fourth-order valence-corrected chi connectivity index (χ4v) is 1.69. The quantitative estimate of drug-likeness (QED) is 0.788. The molecule has 0 radical (unpaired) electrons. The lowest BCUT2D eigenvalue weighted by atomic mass is 10.1. The Labute approximate surface area is 118 Å². The van der Waals surface area contributed by atoms with E-state index in [1.54, 1.807) is 25.1 Å². The number of carbonyl (C=O) groups excluding carboxylic acids is 1. The van der Waals surface area contributed by atoms with Gasteiger partial charge in [-0.05, 0) is 31.5 Å². The normalized spacial score (nSPS) is 13.5. The Morgan fingerprint density at radius 3 is 2.79 bits per heavy atom. The monoisotopic (exact) mass is 282 g/mol. The Bertz CT molecular complexity index is 461. The molecule has 0 aliphatic rings. The highest BCUT2D eigenvalue weighted by Gasteiger charge is 2.15. The summed E-state index contributed by atoms with van der Waals surface area (Å²) in [5, 5.41) is 3.10. The summed E-state index contributed by atoms with van der Waals surface area (Å²) < 4.78 is 5.52. The molecule has 3 N–H and O–H groups in total. The van der Waals surface area contributed by atoms with Crippen molar-refractivity contribution in [3.05, 3.63) is 41.4 Å². The van der Waals surface area contributed by atoms with Crippen LogP contribution in [-0.2, 0) is 4.79 Å². The molecular formula is C14H19ClN2O2. The van der Waals surface area contributed by atoms with Crippen molar-refractivity contribution in [3.8, 4) is 5.75 Å². The first-order valence-electron chi connectivity index (χ1n) is 6.06. The van der Waals surface area contributed by atoms with Crippen LogP contribution in [0.4, 0.5) is 0 Å². The zero-order valence-corrected chi connectivity index (χ0v) is 11.9. The van der Waals surface area contributed by atoms with Crippen LogP contribution in [0.2, 0.25) is 5.02 Å². The molecule has 5 heteroatoms. The van der Waals surface area contributed by atoms with Crippen LogP contribution in [0.15, 0.2) is 30.9 Å². The summed E-state index contributed by atoms with van der Waals surface area (Å²) in [6, 6.07) is 5.20. The molecule has 0 saturated heterocycles. The molecule has 1 rings (SSSR count). The second-order valence-corrected chi connectivity index (χ2v) is 4.68. The summed E-state index contributed by atoms with van der Waals surface area (Å²) in [5.74, 6) is 0.250. The highest BCUT2D eigenvalue weighted by Crippen LogP contribution is 2.28. The van der Waals surface area contributed by atoms with Crippen molar-refractivity contribution in [2.75, 3.05) is 6.54 Å². The van der Waals surface area contributed by atoms with Crippen molar-refractivity contribution in [3.63, 3.8) is 0 Å². The van der Waals surface area contributed by atoms with E-state index in [1.807, 2.05) is 13.0 Å². The van der Waals surface area contributed by atoms with Gasteiger partial charge in [-0.3, -0.25) is 4.79 Å². The van der Waals surface area contributed by atoms with Crippen LogP contribution in [0, 0.1) is 0 Å². The third-order valence-electron chi connectivity index (χ3n) is 2.58. The van der Waals surface area contributed by atoms with Crippen molar-refractivity contribution in [2.45, 2.75) is 26.0 Å². The Morgan fingerprint density at radius 2 is 2.26 bits per heavy atom. The van der Waals surface area contributed by atoms with Gasteiger partial charge in [-0.2, -0.15) is 0 Å². The van der Waals surface area contributed by atoms with E-state index >= 15 is 0 Å². The minimum absolute atomic E-state index is 0.0973. The third-order valence-corrected chi connectivity index (χ3v) is 2.87. The van der Waals surface area contributed by atoms with Crippen molar-refractivity contribution < 1.29 is 9.53 Å². The maximum absolute atomic E-state index is 11.6. The number of carbonyl (C=O) groups is 1. The van der Waals surface area contributed by atoms with Crippen molar-refractivity contribution in [1.29, 1.82) is 0 Å². The maximum atomic E-state index is 11.6. The molecule has 0 aliphatic heterocycles. The van der Waals surface area contributed by atoms with Crippen molar-refractivity contribution >= 4 is 17.5 Å². The first-order valence-corrected chi connectivity index (χ1v) is 6.43. The molecule has 1 aromatic rings. The van der Waals surface area contributed by atoms with E-state index < -0.39 is 6.10 Å². The van der Waals surface area contributed by atoms with Crippen LogP contribution in [0.3, 0.4) is 0 Å². The van der Waals surface area contributed by atoms with Gasteiger partial charge < -0.3 is 15.8 Å². The molecule has 104 valence electrons. The van der Waals surface area contributed by atoms with Crippen molar-refractivity contribution in [1.82, 2.24) is 5.32 Å². The molecule has 0 saturated carbocycles. The topological polar surface area (TPSA) is 64.3 Å². The highest BCUT2D eigenvalue weighted by molar-refractivity contribution is 6.32. The summed E-state index contributed by atoms with van der Waals surface area (Å²) in [5.41, 5.74) is 6.68. The van der Waals surface area contributed by atoms with Crippen LogP contribution in [0.1, 0.15) is 25.5 Å². The fraction of sp³-hybridized carbons (Fsp3) is 0.357. The molecule has 0 aliphatic carbocycles. The lowest BCUT2D eigenvalue weighted by molar-refractivity contribution is -0.127. The van der Waals surface area contributed by atoms with Gasteiger partial charge in [0.2, 0.25) is 0 Å². The van der Waals surface area contributed by atoms with Gasteiger partial charge >= 0.3 is 0 Å². The van der Waals surface area contributed by atoms with Crippen molar-refractivity contribution in [2.24, 2.45) is 5.73 Å². The van der Waals surface area contributed by atoms with Gasteiger partial charge in [0.1, 0.15) is 5.75 Å². The summed E-state index contributed by atoms with van der Waals surface area (Å²) in [4.78, 5) is 11.6. The van der Waals surface area contributed by atoms with Crippen LogP contribution in [0.25, 0.3) is 0 Å². The molecule has 0 heterocycles. The number of ether oxygens (including phenoxy) is 1. The number of nitrogens with one attached hydrogen (secondary N) is 1. The predicted molar refractivity (Wildman–Crippen MR) is 77.4 cm³/mol. The summed E-state index contributed by atoms with van der Waals surface area (Å²) >= 11 is 6.10. The molecule has 1 aromatic carbocycles. The van der Waals surface area contributed by atoms with E-state index in [0.29, 0.717) is 17.3 Å². The minimum atomic E-state index is -0.626. The molecule has 4 nitrogen and oxygen atoms in total. The fourth-order valence-electron chi connectivity index (χ4n) is 1.46. The van der Waals surface area contributed by atoms with Gasteiger partial charge in [0, 0.05) is 12.6 Å². The lowest BCUT2D eigenvalue weighted by Gasteiger charge is -2.16. The molecule has 1 unspecified atom stereocenters. The van der Waals surface area contributed by atoms with E-state index in [4.69, 9.17) is 22.1 Å². The molecule has 0 spiro atoms. The number of amides is 1. The Morgan fingerprint density at radius 1 is 1.58 bits per heavy atom. The van der Waals surface area contributed by atoms with E-state index in [1.165, 1.54) is 0 Å². The summed E-state index contributed by atoms with van der Waals surface area (Å²) in [7, 11) is 0. The van der Waals surface area contributed by atoms with Crippen LogP contribution < -0.4 is 15.8 Å². The Kier molecular flexibility index (Phi) is 5.86. The molecule has 19 heavy (non-hydrogen) atoms. The molecule has 2 atom stereocenters. The molecule has 0 bridgehead atoms. The largest absolute Gasteiger partial charge is 0.479 e. The number of nitrogens with two attached hydrogens (primary N) is 1. The van der Waals surface area contributed by atoms with E-state index in [9.17, 15) is 4.79 Å². The molecule has 1 amide bonds. The van der Waals surface area contributed by atoms with Gasteiger partial charge in [-0.15, -0.1) is 6.58 Å². The van der Waals surface area contributed by atoms with Crippen LogP contribution in [0.5, 0.6) is 5.75 Å². The molecule has 0 fully saturated rings. The summed E-state index contributed by atoms with van der Waals surface area (Å²) in [6.45, 7) is 7.47. The minimum Gasteiger partial charge on any atom is -0.479 e. The first kappa shape index (κ1) is 15.5.